The van der Waals surface area contributed by atoms with Crippen LogP contribution in [0.4, 0.5) is 0 Å². The Bertz CT molecular complexity index is 848. The molecule has 0 radical (unpaired) electrons. The summed E-state index contributed by atoms with van der Waals surface area (Å²) in [5, 5.41) is 1.55. The second-order valence-electron chi connectivity index (χ2n) is 6.05. The van der Waals surface area contributed by atoms with Gasteiger partial charge in [-0.25, -0.2) is 0 Å². The van der Waals surface area contributed by atoms with Gasteiger partial charge in [-0.15, -0.1) is 0 Å². The number of carbonyl (C=O) groups is 1. The molecule has 0 bridgehead atoms. The van der Waals surface area contributed by atoms with Crippen molar-refractivity contribution in [2.24, 2.45) is 0 Å². The van der Waals surface area contributed by atoms with Gasteiger partial charge in [0.15, 0.2) is 0 Å². The first-order chi connectivity index (χ1) is 12.5. The summed E-state index contributed by atoms with van der Waals surface area (Å²) >= 11 is 18.0. The van der Waals surface area contributed by atoms with Crippen LogP contribution < -0.4 is 0 Å². The van der Waals surface area contributed by atoms with E-state index in [4.69, 9.17) is 34.8 Å². The van der Waals surface area contributed by atoms with Crippen molar-refractivity contribution in [2.45, 2.75) is 6.54 Å². The average Bonchev–Trinajstić information content (AvgIpc) is 2.65. The van der Waals surface area contributed by atoms with E-state index in [2.05, 4.69) is 16.7 Å². The Morgan fingerprint density at radius 2 is 1.65 bits per heavy atom. The Morgan fingerprint density at radius 1 is 0.962 bits per heavy atom. The molecule has 6 heteroatoms. The summed E-state index contributed by atoms with van der Waals surface area (Å²) in [6.45, 7) is 3.79. The standard InChI is InChI=1S/C20H17Cl3N2O/c21-17-7-4-15(5-8-17)14-24-10-12-25(13-11-24)19(26)9-6-16-2-1-3-18(22)20(16)23/h1-5,7-8H,10-14H2. The molecule has 0 unspecified atom stereocenters. The zero-order valence-electron chi connectivity index (χ0n) is 14.0. The van der Waals surface area contributed by atoms with Crippen LogP contribution in [-0.4, -0.2) is 41.9 Å². The number of rotatable bonds is 2. The van der Waals surface area contributed by atoms with Gasteiger partial charge in [0.25, 0.3) is 5.91 Å². The molecule has 0 atom stereocenters. The van der Waals surface area contributed by atoms with E-state index in [0.29, 0.717) is 28.7 Å². The first-order valence-corrected chi connectivity index (χ1v) is 9.38. The first kappa shape index (κ1) is 19.1. The van der Waals surface area contributed by atoms with Crippen molar-refractivity contribution < 1.29 is 4.79 Å². The number of benzene rings is 2. The van der Waals surface area contributed by atoms with Gasteiger partial charge in [0, 0.05) is 49.2 Å². The molecule has 0 spiro atoms. The lowest BCUT2D eigenvalue weighted by molar-refractivity contribution is -0.126. The van der Waals surface area contributed by atoms with Gasteiger partial charge in [-0.3, -0.25) is 9.69 Å². The van der Waals surface area contributed by atoms with Gasteiger partial charge in [0.2, 0.25) is 0 Å². The highest BCUT2D eigenvalue weighted by atomic mass is 35.5. The number of hydrogen-bond donors (Lipinski definition) is 0. The third kappa shape index (κ3) is 4.93. The van der Waals surface area contributed by atoms with E-state index >= 15 is 0 Å². The summed E-state index contributed by atoms with van der Waals surface area (Å²) in [5.74, 6) is 5.30. The summed E-state index contributed by atoms with van der Waals surface area (Å²) in [7, 11) is 0. The molecule has 1 aliphatic heterocycles. The highest BCUT2D eigenvalue weighted by molar-refractivity contribution is 6.42. The maximum absolute atomic E-state index is 12.3. The molecule has 1 saturated heterocycles. The SMILES string of the molecule is O=C(C#Cc1cccc(Cl)c1Cl)N1CCN(Cc2ccc(Cl)cc2)CC1. The maximum Gasteiger partial charge on any atom is 0.298 e. The van der Waals surface area contributed by atoms with Crippen molar-refractivity contribution in [1.29, 1.82) is 0 Å². The normalized spacial score (nSPS) is 14.7. The minimum atomic E-state index is -0.188. The van der Waals surface area contributed by atoms with Crippen LogP contribution >= 0.6 is 34.8 Å². The third-order valence-corrected chi connectivity index (χ3v) is 5.31. The molecule has 0 N–H and O–H groups in total. The molecular formula is C20H17Cl3N2O. The van der Waals surface area contributed by atoms with Gasteiger partial charge in [-0.2, -0.15) is 0 Å². The summed E-state index contributed by atoms with van der Waals surface area (Å²) in [5.41, 5.74) is 1.78. The van der Waals surface area contributed by atoms with E-state index in [1.807, 2.05) is 24.3 Å². The smallest absolute Gasteiger partial charge is 0.298 e. The van der Waals surface area contributed by atoms with Crippen LogP contribution in [0, 0.1) is 11.8 Å². The fraction of sp³-hybridized carbons (Fsp3) is 0.250. The number of piperazine rings is 1. The lowest BCUT2D eigenvalue weighted by Gasteiger charge is -2.33. The molecule has 3 nitrogen and oxygen atoms in total. The monoisotopic (exact) mass is 406 g/mol. The molecule has 0 saturated carbocycles. The Kier molecular flexibility index (Phi) is 6.45. The van der Waals surface area contributed by atoms with Crippen molar-refractivity contribution in [3.05, 3.63) is 68.7 Å². The number of carbonyl (C=O) groups excluding carboxylic acids is 1. The van der Waals surface area contributed by atoms with E-state index in [0.717, 1.165) is 24.7 Å². The molecule has 2 aromatic rings. The maximum atomic E-state index is 12.3. The van der Waals surface area contributed by atoms with E-state index in [9.17, 15) is 4.79 Å². The third-order valence-electron chi connectivity index (χ3n) is 4.23. The lowest BCUT2D eigenvalue weighted by Crippen LogP contribution is -2.47. The molecule has 26 heavy (non-hydrogen) atoms. The van der Waals surface area contributed by atoms with Crippen molar-refractivity contribution in [3.8, 4) is 11.8 Å². The highest BCUT2D eigenvalue weighted by Gasteiger charge is 2.20. The predicted octanol–water partition coefficient (Wildman–Crippen LogP) is 4.34. The van der Waals surface area contributed by atoms with Crippen LogP contribution in [0.25, 0.3) is 0 Å². The van der Waals surface area contributed by atoms with E-state index in [1.165, 1.54) is 5.56 Å². The van der Waals surface area contributed by atoms with Crippen LogP contribution in [0.2, 0.25) is 15.1 Å². The number of nitrogens with zero attached hydrogens (tertiary/aromatic N) is 2. The molecule has 2 aromatic carbocycles. The van der Waals surface area contributed by atoms with Crippen LogP contribution in [0.5, 0.6) is 0 Å². The van der Waals surface area contributed by atoms with Gasteiger partial charge in [0.05, 0.1) is 10.0 Å². The van der Waals surface area contributed by atoms with E-state index in [-0.39, 0.29) is 5.91 Å². The molecule has 1 aliphatic rings. The molecule has 1 fully saturated rings. The van der Waals surface area contributed by atoms with E-state index < -0.39 is 0 Å². The second kappa shape index (κ2) is 8.79. The topological polar surface area (TPSA) is 23.6 Å². The van der Waals surface area contributed by atoms with Crippen molar-refractivity contribution in [2.75, 3.05) is 26.2 Å². The van der Waals surface area contributed by atoms with Gasteiger partial charge >= 0.3 is 0 Å². The van der Waals surface area contributed by atoms with Gasteiger partial charge in [-0.1, -0.05) is 58.9 Å². The molecule has 0 aromatic heterocycles. The Hall–Kier alpha value is -1.70. The zero-order chi connectivity index (χ0) is 18.5. The van der Waals surface area contributed by atoms with Gasteiger partial charge in [-0.05, 0) is 29.8 Å². The highest BCUT2D eigenvalue weighted by Crippen LogP contribution is 2.24. The van der Waals surface area contributed by atoms with Crippen LogP contribution in [0.15, 0.2) is 42.5 Å². The molecule has 1 heterocycles. The summed E-state index contributed by atoms with van der Waals surface area (Å²) < 4.78 is 0. The van der Waals surface area contributed by atoms with Crippen LogP contribution in [-0.2, 0) is 11.3 Å². The molecule has 1 amide bonds. The molecular weight excluding hydrogens is 391 g/mol. The van der Waals surface area contributed by atoms with Crippen LogP contribution in [0.1, 0.15) is 11.1 Å². The minimum absolute atomic E-state index is 0.188. The minimum Gasteiger partial charge on any atom is -0.329 e. The lowest BCUT2D eigenvalue weighted by atomic mass is 10.2. The van der Waals surface area contributed by atoms with Crippen molar-refractivity contribution in [3.63, 3.8) is 0 Å². The summed E-state index contributed by atoms with van der Waals surface area (Å²) in [6, 6.07) is 13.0. The average molecular weight is 408 g/mol. The number of amides is 1. The quantitative estimate of drug-likeness (QED) is 0.691. The largest absolute Gasteiger partial charge is 0.329 e. The zero-order valence-corrected chi connectivity index (χ0v) is 16.3. The first-order valence-electron chi connectivity index (χ1n) is 8.24. The Labute approximate surface area is 168 Å². The van der Waals surface area contributed by atoms with Crippen LogP contribution in [0.3, 0.4) is 0 Å². The number of hydrogen-bond acceptors (Lipinski definition) is 2. The molecule has 3 rings (SSSR count). The fourth-order valence-corrected chi connectivity index (χ4v) is 3.23. The van der Waals surface area contributed by atoms with Gasteiger partial charge in [0.1, 0.15) is 0 Å². The predicted molar refractivity (Wildman–Crippen MR) is 107 cm³/mol. The van der Waals surface area contributed by atoms with Gasteiger partial charge < -0.3 is 4.90 Å². The molecule has 134 valence electrons. The molecule has 0 aliphatic carbocycles. The van der Waals surface area contributed by atoms with Crippen molar-refractivity contribution >= 4 is 40.7 Å². The fourth-order valence-electron chi connectivity index (χ4n) is 2.76. The second-order valence-corrected chi connectivity index (χ2v) is 7.27. The number of halogens is 3. The summed E-state index contributed by atoms with van der Waals surface area (Å²) in [4.78, 5) is 16.4. The van der Waals surface area contributed by atoms with E-state index in [1.54, 1.807) is 23.1 Å². The Balaban J connectivity index is 1.55. The van der Waals surface area contributed by atoms with Crippen molar-refractivity contribution in [1.82, 2.24) is 9.80 Å². The Morgan fingerprint density at radius 3 is 2.35 bits per heavy atom. The summed E-state index contributed by atoms with van der Waals surface area (Å²) in [6.07, 6.45) is 0.